The molecule has 3 heterocycles. The number of likely N-dealkylation sites (tertiary alicyclic amines) is 1. The molecule has 2 aromatic carbocycles. The number of halogens is 2. The minimum Gasteiger partial charge on any atom is -0.424 e. The third kappa shape index (κ3) is 4.21. The van der Waals surface area contributed by atoms with Crippen molar-refractivity contribution < 1.29 is 18.0 Å². The normalized spacial score (nSPS) is 18.3. The SMILES string of the molecule is CC1CCCN(C(=O)c2cc(F)c(F)cc2-c2ncccn2)C1CNc1nc2ccccc2o1. The van der Waals surface area contributed by atoms with Gasteiger partial charge in [-0.15, -0.1) is 0 Å². The van der Waals surface area contributed by atoms with E-state index in [4.69, 9.17) is 4.42 Å². The molecule has 1 amide bonds. The molecule has 2 unspecified atom stereocenters. The largest absolute Gasteiger partial charge is 0.424 e. The summed E-state index contributed by atoms with van der Waals surface area (Å²) in [5.74, 6) is -2.20. The van der Waals surface area contributed by atoms with Crippen molar-refractivity contribution >= 4 is 23.0 Å². The summed E-state index contributed by atoms with van der Waals surface area (Å²) in [4.78, 5) is 28.1. The molecular formula is C25H23F2N5O2. The number of hydrogen-bond acceptors (Lipinski definition) is 6. The average Bonchev–Trinajstić information content (AvgIpc) is 3.27. The second-order valence-electron chi connectivity index (χ2n) is 8.44. The molecule has 1 aliphatic rings. The minimum absolute atomic E-state index is 0.0334. The van der Waals surface area contributed by atoms with E-state index in [1.54, 1.807) is 11.0 Å². The number of oxazole rings is 1. The van der Waals surface area contributed by atoms with Crippen LogP contribution in [-0.4, -0.2) is 44.9 Å². The Balaban J connectivity index is 1.44. The van der Waals surface area contributed by atoms with Crippen LogP contribution in [-0.2, 0) is 0 Å². The van der Waals surface area contributed by atoms with Crippen molar-refractivity contribution in [3.63, 3.8) is 0 Å². The maximum absolute atomic E-state index is 14.2. The van der Waals surface area contributed by atoms with E-state index in [0.29, 0.717) is 24.7 Å². The highest BCUT2D eigenvalue weighted by atomic mass is 19.2. The van der Waals surface area contributed by atoms with Crippen LogP contribution in [0, 0.1) is 17.6 Å². The Bertz CT molecular complexity index is 1290. The molecule has 9 heteroatoms. The first-order valence-electron chi connectivity index (χ1n) is 11.2. The molecule has 7 nitrogen and oxygen atoms in total. The van der Waals surface area contributed by atoms with E-state index in [1.165, 1.54) is 12.4 Å². The van der Waals surface area contributed by atoms with E-state index >= 15 is 0 Å². The monoisotopic (exact) mass is 463 g/mol. The molecule has 0 spiro atoms. The maximum Gasteiger partial charge on any atom is 0.295 e. The summed E-state index contributed by atoms with van der Waals surface area (Å²) in [6.45, 7) is 2.97. The summed E-state index contributed by atoms with van der Waals surface area (Å²) in [5.41, 5.74) is 1.60. The third-order valence-electron chi connectivity index (χ3n) is 6.23. The van der Waals surface area contributed by atoms with Crippen LogP contribution in [0.25, 0.3) is 22.5 Å². The number of para-hydroxylation sites is 2. The summed E-state index contributed by atoms with van der Waals surface area (Å²) >= 11 is 0. The topological polar surface area (TPSA) is 84.2 Å². The Hall–Kier alpha value is -3.88. The average molecular weight is 463 g/mol. The number of benzene rings is 2. The highest BCUT2D eigenvalue weighted by molar-refractivity contribution is 6.00. The van der Waals surface area contributed by atoms with Crippen molar-refractivity contribution in [1.82, 2.24) is 19.9 Å². The number of rotatable bonds is 5. The molecule has 5 rings (SSSR count). The predicted octanol–water partition coefficient (Wildman–Crippen LogP) is 4.92. The van der Waals surface area contributed by atoms with Crippen LogP contribution in [0.1, 0.15) is 30.1 Å². The van der Waals surface area contributed by atoms with E-state index in [1.807, 2.05) is 24.3 Å². The Morgan fingerprint density at radius 2 is 1.91 bits per heavy atom. The number of nitrogens with zero attached hydrogens (tertiary/aromatic N) is 4. The first-order valence-corrected chi connectivity index (χ1v) is 11.2. The zero-order valence-corrected chi connectivity index (χ0v) is 18.5. The molecular weight excluding hydrogens is 440 g/mol. The Morgan fingerprint density at radius 1 is 1.15 bits per heavy atom. The van der Waals surface area contributed by atoms with E-state index in [9.17, 15) is 13.6 Å². The lowest BCUT2D eigenvalue weighted by Gasteiger charge is -2.40. The Labute approximate surface area is 194 Å². The smallest absolute Gasteiger partial charge is 0.295 e. The number of amides is 1. The molecule has 1 saturated heterocycles. The molecule has 1 aliphatic heterocycles. The second-order valence-corrected chi connectivity index (χ2v) is 8.44. The Morgan fingerprint density at radius 3 is 2.71 bits per heavy atom. The highest BCUT2D eigenvalue weighted by Gasteiger charge is 2.34. The van der Waals surface area contributed by atoms with Gasteiger partial charge in [0.05, 0.1) is 11.6 Å². The third-order valence-corrected chi connectivity index (χ3v) is 6.23. The van der Waals surface area contributed by atoms with Crippen LogP contribution in [0.3, 0.4) is 0 Å². The van der Waals surface area contributed by atoms with Crippen molar-refractivity contribution in [2.45, 2.75) is 25.8 Å². The summed E-state index contributed by atoms with van der Waals surface area (Å²) in [5, 5.41) is 3.21. The van der Waals surface area contributed by atoms with Gasteiger partial charge in [0.15, 0.2) is 23.0 Å². The van der Waals surface area contributed by atoms with Crippen LogP contribution in [0.5, 0.6) is 0 Å². The minimum atomic E-state index is -1.09. The van der Waals surface area contributed by atoms with Gasteiger partial charge in [0, 0.05) is 31.0 Å². The lowest BCUT2D eigenvalue weighted by molar-refractivity contribution is 0.0539. The standard InChI is InChI=1S/C25H23F2N5O2/c1-15-6-4-11-32(21(15)14-30-25-31-20-7-2-3-8-22(20)34-25)24(33)17-13-19(27)18(26)12-16(17)23-28-9-5-10-29-23/h2-3,5,7-10,12-13,15,21H,4,6,11,14H2,1H3,(H,30,31). The fourth-order valence-electron chi connectivity index (χ4n) is 4.45. The van der Waals surface area contributed by atoms with Gasteiger partial charge in [-0.3, -0.25) is 4.79 Å². The van der Waals surface area contributed by atoms with Gasteiger partial charge < -0.3 is 14.6 Å². The van der Waals surface area contributed by atoms with Crippen LogP contribution in [0.4, 0.5) is 14.8 Å². The molecule has 1 N–H and O–H groups in total. The van der Waals surface area contributed by atoms with Crippen LogP contribution < -0.4 is 5.32 Å². The molecule has 2 atom stereocenters. The number of carbonyl (C=O) groups is 1. The zero-order chi connectivity index (χ0) is 23.7. The van der Waals surface area contributed by atoms with E-state index < -0.39 is 17.5 Å². The van der Waals surface area contributed by atoms with E-state index in [0.717, 1.165) is 30.5 Å². The van der Waals surface area contributed by atoms with Gasteiger partial charge in [-0.25, -0.2) is 18.7 Å². The molecule has 174 valence electrons. The van der Waals surface area contributed by atoms with Gasteiger partial charge >= 0.3 is 0 Å². The van der Waals surface area contributed by atoms with Crippen molar-refractivity contribution in [3.05, 3.63) is 72.1 Å². The Kier molecular flexibility index (Phi) is 5.91. The van der Waals surface area contributed by atoms with Crippen molar-refractivity contribution in [1.29, 1.82) is 0 Å². The lowest BCUT2D eigenvalue weighted by Crippen LogP contribution is -2.51. The number of fused-ring (bicyclic) bond motifs is 1. The molecule has 0 aliphatic carbocycles. The maximum atomic E-state index is 14.2. The summed E-state index contributed by atoms with van der Waals surface area (Å²) < 4.78 is 34.1. The number of hydrogen-bond donors (Lipinski definition) is 1. The number of aromatic nitrogens is 3. The first-order chi connectivity index (χ1) is 16.5. The van der Waals surface area contributed by atoms with Gasteiger partial charge in [-0.2, -0.15) is 4.98 Å². The predicted molar refractivity (Wildman–Crippen MR) is 123 cm³/mol. The van der Waals surface area contributed by atoms with E-state index in [-0.39, 0.29) is 28.9 Å². The molecule has 34 heavy (non-hydrogen) atoms. The fraction of sp³-hybridized carbons (Fsp3) is 0.280. The fourth-order valence-corrected chi connectivity index (χ4v) is 4.45. The quantitative estimate of drug-likeness (QED) is 0.453. The number of anilines is 1. The van der Waals surface area contributed by atoms with Crippen molar-refractivity contribution in [3.8, 4) is 11.4 Å². The van der Waals surface area contributed by atoms with Gasteiger partial charge in [0.25, 0.3) is 11.9 Å². The zero-order valence-electron chi connectivity index (χ0n) is 18.5. The van der Waals surface area contributed by atoms with E-state index in [2.05, 4.69) is 27.2 Å². The van der Waals surface area contributed by atoms with Crippen LogP contribution in [0.2, 0.25) is 0 Å². The molecule has 0 bridgehead atoms. The number of carbonyl (C=O) groups excluding carboxylic acids is 1. The number of piperidine rings is 1. The first kappa shape index (κ1) is 21.9. The summed E-state index contributed by atoms with van der Waals surface area (Å²) in [6, 6.07) is 11.2. The lowest BCUT2D eigenvalue weighted by atomic mass is 9.89. The summed E-state index contributed by atoms with van der Waals surface area (Å²) in [6.07, 6.45) is 4.74. The molecule has 1 fully saturated rings. The van der Waals surface area contributed by atoms with Crippen LogP contribution in [0.15, 0.2) is 59.3 Å². The number of nitrogens with one attached hydrogen (secondary N) is 1. The second kappa shape index (κ2) is 9.17. The summed E-state index contributed by atoms with van der Waals surface area (Å²) in [7, 11) is 0. The van der Waals surface area contributed by atoms with Gasteiger partial charge in [0.2, 0.25) is 0 Å². The van der Waals surface area contributed by atoms with Crippen LogP contribution >= 0.6 is 0 Å². The molecule has 0 radical (unpaired) electrons. The molecule has 2 aromatic heterocycles. The molecule has 4 aromatic rings. The van der Waals surface area contributed by atoms with Gasteiger partial charge in [-0.1, -0.05) is 19.1 Å². The van der Waals surface area contributed by atoms with Crippen molar-refractivity contribution in [2.75, 3.05) is 18.4 Å². The van der Waals surface area contributed by atoms with Gasteiger partial charge in [-0.05, 0) is 49.1 Å². The molecule has 0 saturated carbocycles. The highest BCUT2D eigenvalue weighted by Crippen LogP contribution is 2.30. The van der Waals surface area contributed by atoms with Crippen molar-refractivity contribution in [2.24, 2.45) is 5.92 Å². The van der Waals surface area contributed by atoms with Gasteiger partial charge in [0.1, 0.15) is 5.52 Å².